The molecular weight excluding hydrogens is 234 g/mol. The molecule has 1 aliphatic heterocycles. The molecule has 0 aromatic heterocycles. The average molecular weight is 254 g/mol. The van der Waals surface area contributed by atoms with Gasteiger partial charge in [0.2, 0.25) is 10.0 Å². The van der Waals surface area contributed by atoms with E-state index in [2.05, 4.69) is 6.92 Å². The molecule has 1 aliphatic rings. The second kappa shape index (κ2) is 4.22. The number of sulfonamides is 1. The van der Waals surface area contributed by atoms with E-state index < -0.39 is 14.8 Å². The molecule has 3 nitrogen and oxygen atoms in total. The fraction of sp³-hybridized carbons (Fsp3) is 1.00. The Morgan fingerprint density at radius 3 is 2.27 bits per heavy atom. The van der Waals surface area contributed by atoms with Crippen LogP contribution in [0.3, 0.4) is 0 Å². The molecule has 5 heteroatoms. The lowest BCUT2D eigenvalue weighted by Gasteiger charge is -2.36. The second-order valence-electron chi connectivity index (χ2n) is 5.26. The Hall–Kier alpha value is 0.200. The van der Waals surface area contributed by atoms with E-state index in [1.54, 1.807) is 20.8 Å². The average Bonchev–Trinajstić information content (AvgIpc) is 2.07. The minimum absolute atomic E-state index is 0.0594. The first-order valence-electron chi connectivity index (χ1n) is 5.30. The van der Waals surface area contributed by atoms with Crippen molar-refractivity contribution < 1.29 is 8.42 Å². The van der Waals surface area contributed by atoms with Crippen molar-refractivity contribution in [1.29, 1.82) is 0 Å². The molecule has 0 radical (unpaired) electrons. The third-order valence-corrected chi connectivity index (χ3v) is 6.07. The molecule has 1 saturated heterocycles. The van der Waals surface area contributed by atoms with Crippen LogP contribution < -0.4 is 0 Å². The van der Waals surface area contributed by atoms with Crippen LogP contribution in [-0.2, 0) is 10.0 Å². The van der Waals surface area contributed by atoms with Crippen molar-refractivity contribution in [2.45, 2.75) is 44.2 Å². The lowest BCUT2D eigenvalue weighted by molar-refractivity contribution is 0.287. The van der Waals surface area contributed by atoms with Gasteiger partial charge in [0.05, 0.1) is 4.75 Å². The SMILES string of the molecule is CC1CCN(S(=O)(=O)C(C)(C)C)CC1Cl. The van der Waals surface area contributed by atoms with E-state index in [0.717, 1.165) is 6.42 Å². The van der Waals surface area contributed by atoms with Gasteiger partial charge in [-0.25, -0.2) is 8.42 Å². The van der Waals surface area contributed by atoms with Gasteiger partial charge in [-0.05, 0) is 33.1 Å². The molecule has 1 rings (SSSR count). The standard InChI is InChI=1S/C10H20ClNO2S/c1-8-5-6-12(7-9(8)11)15(13,14)10(2,3)4/h8-9H,5-7H2,1-4H3. The third-order valence-electron chi connectivity index (χ3n) is 2.94. The molecule has 15 heavy (non-hydrogen) atoms. The van der Waals surface area contributed by atoms with Gasteiger partial charge in [0, 0.05) is 18.5 Å². The number of rotatable bonds is 1. The Balaban J connectivity index is 2.83. The van der Waals surface area contributed by atoms with Gasteiger partial charge < -0.3 is 0 Å². The molecule has 1 fully saturated rings. The van der Waals surface area contributed by atoms with Gasteiger partial charge in [-0.15, -0.1) is 11.6 Å². The predicted molar refractivity (Wildman–Crippen MR) is 63.7 cm³/mol. The van der Waals surface area contributed by atoms with Crippen LogP contribution in [0.15, 0.2) is 0 Å². The minimum atomic E-state index is -3.21. The van der Waals surface area contributed by atoms with Gasteiger partial charge >= 0.3 is 0 Å². The number of piperidine rings is 1. The van der Waals surface area contributed by atoms with Gasteiger partial charge in [0.1, 0.15) is 0 Å². The highest BCUT2D eigenvalue weighted by Crippen LogP contribution is 2.28. The molecule has 0 amide bonds. The molecule has 0 aliphatic carbocycles. The maximum atomic E-state index is 12.1. The molecule has 0 aromatic rings. The van der Waals surface area contributed by atoms with Crippen molar-refractivity contribution in [3.05, 3.63) is 0 Å². The van der Waals surface area contributed by atoms with E-state index in [9.17, 15) is 8.42 Å². The zero-order chi connectivity index (χ0) is 11.9. The van der Waals surface area contributed by atoms with E-state index >= 15 is 0 Å². The molecular formula is C10H20ClNO2S. The van der Waals surface area contributed by atoms with Crippen molar-refractivity contribution >= 4 is 21.6 Å². The van der Waals surface area contributed by atoms with E-state index in [4.69, 9.17) is 11.6 Å². The Labute approximate surface area is 97.8 Å². The van der Waals surface area contributed by atoms with Gasteiger partial charge in [-0.2, -0.15) is 4.31 Å². The first-order valence-corrected chi connectivity index (χ1v) is 7.17. The van der Waals surface area contributed by atoms with E-state index in [1.165, 1.54) is 4.31 Å². The lowest BCUT2D eigenvalue weighted by Crippen LogP contribution is -2.49. The maximum absolute atomic E-state index is 12.1. The Morgan fingerprint density at radius 1 is 1.33 bits per heavy atom. The predicted octanol–water partition coefficient (Wildman–Crippen LogP) is 2.06. The fourth-order valence-corrected chi connectivity index (χ4v) is 3.45. The molecule has 0 spiro atoms. The van der Waals surface area contributed by atoms with Crippen LogP contribution in [-0.4, -0.2) is 35.9 Å². The summed E-state index contributed by atoms with van der Waals surface area (Å²) >= 11 is 6.11. The van der Waals surface area contributed by atoms with E-state index in [1.807, 2.05) is 0 Å². The molecule has 0 saturated carbocycles. The minimum Gasteiger partial charge on any atom is -0.212 e. The molecule has 2 unspecified atom stereocenters. The second-order valence-corrected chi connectivity index (χ2v) is 8.51. The summed E-state index contributed by atoms with van der Waals surface area (Å²) in [5.41, 5.74) is 0. The molecule has 0 bridgehead atoms. The van der Waals surface area contributed by atoms with E-state index in [-0.39, 0.29) is 5.38 Å². The Kier molecular flexibility index (Phi) is 3.74. The molecule has 1 heterocycles. The highest BCUT2D eigenvalue weighted by molar-refractivity contribution is 7.90. The van der Waals surface area contributed by atoms with Crippen molar-refractivity contribution in [1.82, 2.24) is 4.31 Å². The summed E-state index contributed by atoms with van der Waals surface area (Å²) in [5.74, 6) is 0.401. The number of nitrogens with zero attached hydrogens (tertiary/aromatic N) is 1. The summed E-state index contributed by atoms with van der Waals surface area (Å²) in [6.07, 6.45) is 0.851. The topological polar surface area (TPSA) is 37.4 Å². The lowest BCUT2D eigenvalue weighted by atomic mass is 10.0. The third kappa shape index (κ3) is 2.66. The maximum Gasteiger partial charge on any atom is 0.219 e. The highest BCUT2D eigenvalue weighted by atomic mass is 35.5. The number of halogens is 1. The van der Waals surface area contributed by atoms with Crippen LogP contribution in [0.25, 0.3) is 0 Å². The van der Waals surface area contributed by atoms with E-state index in [0.29, 0.717) is 19.0 Å². The largest absolute Gasteiger partial charge is 0.219 e. The summed E-state index contributed by atoms with van der Waals surface area (Å²) in [5, 5.41) is -0.0594. The monoisotopic (exact) mass is 253 g/mol. The van der Waals surface area contributed by atoms with Crippen molar-refractivity contribution in [2.24, 2.45) is 5.92 Å². The summed E-state index contributed by atoms with van der Waals surface area (Å²) in [7, 11) is -3.21. The summed E-state index contributed by atoms with van der Waals surface area (Å²) < 4.78 is 25.1. The smallest absolute Gasteiger partial charge is 0.212 e. The molecule has 90 valence electrons. The van der Waals surface area contributed by atoms with Crippen molar-refractivity contribution in [2.75, 3.05) is 13.1 Å². The van der Waals surface area contributed by atoms with Crippen LogP contribution in [0.1, 0.15) is 34.1 Å². The quantitative estimate of drug-likeness (QED) is 0.671. The van der Waals surface area contributed by atoms with Gasteiger partial charge in [0.25, 0.3) is 0 Å². The van der Waals surface area contributed by atoms with Gasteiger partial charge in [-0.1, -0.05) is 6.92 Å². The zero-order valence-electron chi connectivity index (χ0n) is 9.83. The van der Waals surface area contributed by atoms with Crippen LogP contribution in [0.5, 0.6) is 0 Å². The highest BCUT2D eigenvalue weighted by Gasteiger charge is 2.38. The summed E-state index contributed by atoms with van der Waals surface area (Å²) in [6.45, 7) is 8.29. The van der Waals surface area contributed by atoms with Crippen molar-refractivity contribution in [3.63, 3.8) is 0 Å². The number of hydrogen-bond acceptors (Lipinski definition) is 2. The fourth-order valence-electron chi connectivity index (χ4n) is 1.60. The summed E-state index contributed by atoms with van der Waals surface area (Å²) in [4.78, 5) is 0. The van der Waals surface area contributed by atoms with Gasteiger partial charge in [-0.3, -0.25) is 0 Å². The van der Waals surface area contributed by atoms with Crippen molar-refractivity contribution in [3.8, 4) is 0 Å². The first kappa shape index (κ1) is 13.3. The van der Waals surface area contributed by atoms with Crippen LogP contribution in [0, 0.1) is 5.92 Å². The van der Waals surface area contributed by atoms with Crippen LogP contribution >= 0.6 is 11.6 Å². The molecule has 0 N–H and O–H groups in total. The van der Waals surface area contributed by atoms with Gasteiger partial charge in [0.15, 0.2) is 0 Å². The van der Waals surface area contributed by atoms with Crippen LogP contribution in [0.2, 0.25) is 0 Å². The first-order chi connectivity index (χ1) is 6.66. The molecule has 0 aromatic carbocycles. The molecule has 2 atom stereocenters. The Morgan fingerprint density at radius 2 is 1.87 bits per heavy atom. The zero-order valence-corrected chi connectivity index (χ0v) is 11.4. The van der Waals surface area contributed by atoms with Crippen LogP contribution in [0.4, 0.5) is 0 Å². The normalized spacial score (nSPS) is 30.5. The number of alkyl halides is 1. The Bertz CT molecular complexity index is 321. The summed E-state index contributed by atoms with van der Waals surface area (Å²) in [6, 6.07) is 0. The number of hydrogen-bond donors (Lipinski definition) is 0.